The number of sulfone groups is 1. The van der Waals surface area contributed by atoms with Crippen molar-refractivity contribution in [3.63, 3.8) is 0 Å². The van der Waals surface area contributed by atoms with Gasteiger partial charge in [0.05, 0.1) is 24.1 Å². The molecule has 0 aliphatic carbocycles. The summed E-state index contributed by atoms with van der Waals surface area (Å²) in [5.74, 6) is 1.24. The smallest absolute Gasteiger partial charge is 0.292 e. The number of nitrogens with zero attached hydrogens (tertiary/aromatic N) is 5. The van der Waals surface area contributed by atoms with Gasteiger partial charge in [0, 0.05) is 18.0 Å². The van der Waals surface area contributed by atoms with Gasteiger partial charge in [-0.1, -0.05) is 30.3 Å². The molecular weight excluding hydrogens is 354 g/mol. The third kappa shape index (κ3) is 3.30. The van der Waals surface area contributed by atoms with Crippen molar-refractivity contribution >= 4 is 9.84 Å². The van der Waals surface area contributed by atoms with Crippen LogP contribution in [0.4, 0.5) is 0 Å². The van der Waals surface area contributed by atoms with Crippen molar-refractivity contribution < 1.29 is 8.42 Å². The zero-order chi connectivity index (χ0) is 18.1. The Kier molecular flexibility index (Phi) is 4.15. The molecule has 0 spiro atoms. The van der Waals surface area contributed by atoms with Gasteiger partial charge in [-0.3, -0.25) is 4.57 Å². The average molecular weight is 371 g/mol. The van der Waals surface area contributed by atoms with Gasteiger partial charge in [-0.15, -0.1) is 0 Å². The average Bonchev–Trinajstić information content (AvgIpc) is 3.21. The van der Waals surface area contributed by atoms with Crippen LogP contribution >= 0.6 is 0 Å². The van der Waals surface area contributed by atoms with Crippen LogP contribution in [0.15, 0.2) is 53.6 Å². The third-order valence-corrected chi connectivity index (χ3v) is 6.13. The van der Waals surface area contributed by atoms with E-state index in [-0.39, 0.29) is 29.8 Å². The second-order valence-electron chi connectivity index (χ2n) is 6.25. The normalized spacial score (nSPS) is 18.8. The molecule has 8 nitrogen and oxygen atoms in total. The van der Waals surface area contributed by atoms with Crippen LogP contribution in [-0.2, 0) is 16.4 Å². The van der Waals surface area contributed by atoms with E-state index >= 15 is 0 Å². The molecule has 2 aromatic heterocycles. The van der Waals surface area contributed by atoms with Crippen molar-refractivity contribution in [2.75, 3.05) is 11.5 Å². The monoisotopic (exact) mass is 371 g/mol. The lowest BCUT2D eigenvalue weighted by Gasteiger charge is -2.12. The Balaban J connectivity index is 1.77. The molecule has 134 valence electrons. The van der Waals surface area contributed by atoms with Crippen molar-refractivity contribution in [1.82, 2.24) is 24.3 Å². The van der Waals surface area contributed by atoms with Gasteiger partial charge in [-0.25, -0.2) is 27.9 Å². The maximum absolute atomic E-state index is 11.9. The maximum atomic E-state index is 11.9. The van der Waals surface area contributed by atoms with Crippen molar-refractivity contribution in [2.45, 2.75) is 19.0 Å². The summed E-state index contributed by atoms with van der Waals surface area (Å²) >= 11 is 0. The van der Waals surface area contributed by atoms with Crippen LogP contribution in [0, 0.1) is 0 Å². The minimum atomic E-state index is -3.07. The molecule has 0 amide bonds. The molecule has 1 saturated heterocycles. The summed E-state index contributed by atoms with van der Waals surface area (Å²) in [4.78, 5) is 20.3. The molecule has 1 unspecified atom stereocenters. The minimum Gasteiger partial charge on any atom is -0.292 e. The lowest BCUT2D eigenvalue weighted by molar-refractivity contribution is 0.468. The van der Waals surface area contributed by atoms with Crippen LogP contribution < -0.4 is 5.69 Å². The number of hydrogen-bond donors (Lipinski definition) is 0. The van der Waals surface area contributed by atoms with E-state index in [0.29, 0.717) is 18.1 Å². The van der Waals surface area contributed by atoms with Crippen molar-refractivity contribution in [2.24, 2.45) is 0 Å². The predicted octanol–water partition coefficient (Wildman–Crippen LogP) is 0.910. The van der Waals surface area contributed by atoms with Gasteiger partial charge in [-0.05, 0) is 12.5 Å². The Morgan fingerprint density at radius 3 is 2.65 bits per heavy atom. The fraction of sp³-hybridized carbons (Fsp3) is 0.294. The molecule has 1 aliphatic heterocycles. The van der Waals surface area contributed by atoms with E-state index in [9.17, 15) is 13.2 Å². The topological polar surface area (TPSA) is 99.7 Å². The van der Waals surface area contributed by atoms with Crippen LogP contribution in [0.2, 0.25) is 0 Å². The SMILES string of the molecule is O=c1ncccn1Cc1nc(-c2ccccc2)nn1C1CCS(=O)(=O)C1. The van der Waals surface area contributed by atoms with Crippen molar-refractivity contribution in [3.8, 4) is 11.4 Å². The van der Waals surface area contributed by atoms with Gasteiger partial charge in [0.1, 0.15) is 5.82 Å². The van der Waals surface area contributed by atoms with Gasteiger partial charge in [-0.2, -0.15) is 5.10 Å². The first-order valence-corrected chi connectivity index (χ1v) is 10.1. The first-order chi connectivity index (χ1) is 12.5. The van der Waals surface area contributed by atoms with E-state index in [4.69, 9.17) is 0 Å². The molecule has 0 saturated carbocycles. The van der Waals surface area contributed by atoms with E-state index in [1.54, 1.807) is 16.9 Å². The Morgan fingerprint density at radius 1 is 1.15 bits per heavy atom. The van der Waals surface area contributed by atoms with Crippen LogP contribution in [0.1, 0.15) is 18.3 Å². The van der Waals surface area contributed by atoms with Crippen LogP contribution in [0.25, 0.3) is 11.4 Å². The van der Waals surface area contributed by atoms with E-state index < -0.39 is 9.84 Å². The number of rotatable bonds is 4. The molecule has 0 radical (unpaired) electrons. The van der Waals surface area contributed by atoms with Gasteiger partial charge in [0.25, 0.3) is 0 Å². The molecule has 9 heteroatoms. The van der Waals surface area contributed by atoms with Crippen molar-refractivity contribution in [3.05, 3.63) is 65.1 Å². The maximum Gasteiger partial charge on any atom is 0.347 e. The highest BCUT2D eigenvalue weighted by atomic mass is 32.2. The standard InChI is InChI=1S/C17H17N5O3S/c23-17-18-8-4-9-21(17)11-15-19-16(13-5-2-1-3-6-13)20-22(15)14-7-10-26(24,25)12-14/h1-6,8-9,14H,7,10-12H2. The van der Waals surface area contributed by atoms with Gasteiger partial charge in [0.2, 0.25) is 0 Å². The van der Waals surface area contributed by atoms with Gasteiger partial charge < -0.3 is 0 Å². The fourth-order valence-corrected chi connectivity index (χ4v) is 4.79. The molecule has 4 rings (SSSR count). The second-order valence-corrected chi connectivity index (χ2v) is 8.48. The number of benzene rings is 1. The van der Waals surface area contributed by atoms with E-state index in [0.717, 1.165) is 5.56 Å². The Bertz CT molecular complexity index is 1090. The summed E-state index contributed by atoms with van der Waals surface area (Å²) < 4.78 is 26.9. The van der Waals surface area contributed by atoms with E-state index in [1.165, 1.54) is 10.8 Å². The molecule has 0 bridgehead atoms. The lowest BCUT2D eigenvalue weighted by atomic mass is 10.2. The van der Waals surface area contributed by atoms with E-state index in [1.807, 2.05) is 30.3 Å². The van der Waals surface area contributed by atoms with E-state index in [2.05, 4.69) is 15.1 Å². The first kappa shape index (κ1) is 16.6. The third-order valence-electron chi connectivity index (χ3n) is 4.38. The molecule has 3 aromatic rings. The zero-order valence-electron chi connectivity index (χ0n) is 13.9. The molecule has 0 N–H and O–H groups in total. The fourth-order valence-electron chi connectivity index (χ4n) is 3.09. The quantitative estimate of drug-likeness (QED) is 0.676. The van der Waals surface area contributed by atoms with Gasteiger partial charge >= 0.3 is 5.69 Å². The molecule has 26 heavy (non-hydrogen) atoms. The minimum absolute atomic E-state index is 0.0412. The highest BCUT2D eigenvalue weighted by molar-refractivity contribution is 7.91. The Hall–Kier alpha value is -2.81. The van der Waals surface area contributed by atoms with Crippen LogP contribution in [-0.4, -0.2) is 44.2 Å². The highest BCUT2D eigenvalue weighted by Gasteiger charge is 2.32. The Labute approximate surface area is 150 Å². The summed E-state index contributed by atoms with van der Waals surface area (Å²) in [6.45, 7) is 0.184. The lowest BCUT2D eigenvalue weighted by Crippen LogP contribution is -2.25. The Morgan fingerprint density at radius 2 is 1.96 bits per heavy atom. The molecule has 1 fully saturated rings. The molecule has 1 aromatic carbocycles. The number of hydrogen-bond acceptors (Lipinski definition) is 6. The second kappa shape index (κ2) is 6.49. The molecule has 1 atom stereocenters. The summed E-state index contributed by atoms with van der Waals surface area (Å²) in [5.41, 5.74) is 0.453. The predicted molar refractivity (Wildman–Crippen MR) is 95.4 cm³/mol. The first-order valence-electron chi connectivity index (χ1n) is 8.24. The van der Waals surface area contributed by atoms with Crippen LogP contribution in [0.3, 0.4) is 0 Å². The summed E-state index contributed by atoms with van der Waals surface area (Å²) in [6, 6.07) is 10.9. The molecule has 1 aliphatic rings. The number of aromatic nitrogens is 5. The summed E-state index contributed by atoms with van der Waals surface area (Å²) in [5, 5.41) is 4.56. The summed E-state index contributed by atoms with van der Waals surface area (Å²) in [6.07, 6.45) is 3.55. The highest BCUT2D eigenvalue weighted by Crippen LogP contribution is 2.26. The zero-order valence-corrected chi connectivity index (χ0v) is 14.7. The van der Waals surface area contributed by atoms with Crippen molar-refractivity contribution in [1.29, 1.82) is 0 Å². The molecular formula is C17H17N5O3S. The largest absolute Gasteiger partial charge is 0.347 e. The summed E-state index contributed by atoms with van der Waals surface area (Å²) in [7, 11) is -3.07. The van der Waals surface area contributed by atoms with Crippen LogP contribution in [0.5, 0.6) is 0 Å². The molecule has 3 heterocycles. The van der Waals surface area contributed by atoms with Gasteiger partial charge in [0.15, 0.2) is 15.7 Å².